The Labute approximate surface area is 88.2 Å². The first-order valence-electron chi connectivity index (χ1n) is 4.81. The number of nitrogens with one attached hydrogen (secondary N) is 1. The summed E-state index contributed by atoms with van der Waals surface area (Å²) < 4.78 is 36.6. The van der Waals surface area contributed by atoms with Crippen LogP contribution in [0.15, 0.2) is 29.2 Å². The first-order chi connectivity index (χ1) is 7.10. The molecule has 0 aromatic heterocycles. The van der Waals surface area contributed by atoms with Crippen LogP contribution < -0.4 is 5.32 Å². The summed E-state index contributed by atoms with van der Waals surface area (Å²) in [5.41, 5.74) is 0. The monoisotopic (exact) mass is 229 g/mol. The fourth-order valence-corrected chi connectivity index (χ4v) is 3.38. The lowest BCUT2D eigenvalue weighted by molar-refractivity contribution is 0.582. The molecule has 1 saturated heterocycles. The lowest BCUT2D eigenvalue weighted by Gasteiger charge is -2.09. The Morgan fingerprint density at radius 2 is 1.93 bits per heavy atom. The van der Waals surface area contributed by atoms with Crippen molar-refractivity contribution in [1.82, 2.24) is 5.32 Å². The van der Waals surface area contributed by atoms with Gasteiger partial charge in [0.05, 0.1) is 10.1 Å². The van der Waals surface area contributed by atoms with Crippen LogP contribution in [0.4, 0.5) is 4.39 Å². The van der Waals surface area contributed by atoms with Crippen molar-refractivity contribution in [3.05, 3.63) is 30.1 Å². The van der Waals surface area contributed by atoms with Crippen molar-refractivity contribution >= 4 is 9.84 Å². The zero-order valence-corrected chi connectivity index (χ0v) is 8.93. The van der Waals surface area contributed by atoms with E-state index in [1.54, 1.807) is 0 Å². The fraction of sp³-hybridized carbons (Fsp3) is 0.400. The van der Waals surface area contributed by atoms with Crippen LogP contribution in [0, 0.1) is 5.82 Å². The molecule has 1 aliphatic rings. The van der Waals surface area contributed by atoms with E-state index in [1.807, 2.05) is 0 Å². The summed E-state index contributed by atoms with van der Waals surface area (Å²) in [4.78, 5) is 0.206. The van der Waals surface area contributed by atoms with Crippen LogP contribution in [0.25, 0.3) is 0 Å². The molecular formula is C10H12FNO2S. The first kappa shape index (κ1) is 10.6. The zero-order chi connectivity index (χ0) is 10.9. The Morgan fingerprint density at radius 1 is 1.27 bits per heavy atom. The molecular weight excluding hydrogens is 217 g/mol. The topological polar surface area (TPSA) is 46.2 Å². The van der Waals surface area contributed by atoms with Crippen LogP contribution in [0.1, 0.15) is 6.42 Å². The highest BCUT2D eigenvalue weighted by Crippen LogP contribution is 2.20. The molecule has 0 spiro atoms. The molecule has 2 rings (SSSR count). The highest BCUT2D eigenvalue weighted by atomic mass is 32.2. The molecule has 1 heterocycles. The van der Waals surface area contributed by atoms with Crippen LogP contribution in [0.3, 0.4) is 0 Å². The van der Waals surface area contributed by atoms with E-state index >= 15 is 0 Å². The van der Waals surface area contributed by atoms with Gasteiger partial charge in [0.25, 0.3) is 0 Å². The average Bonchev–Trinajstić information content (AvgIpc) is 2.71. The van der Waals surface area contributed by atoms with Gasteiger partial charge in [-0.3, -0.25) is 0 Å². The highest BCUT2D eigenvalue weighted by Gasteiger charge is 2.29. The van der Waals surface area contributed by atoms with Gasteiger partial charge < -0.3 is 5.32 Å². The summed E-state index contributed by atoms with van der Waals surface area (Å²) in [7, 11) is -3.28. The van der Waals surface area contributed by atoms with Crippen LogP contribution in [-0.4, -0.2) is 26.8 Å². The summed E-state index contributed by atoms with van der Waals surface area (Å²) in [6, 6.07) is 5.00. The van der Waals surface area contributed by atoms with E-state index in [2.05, 4.69) is 5.32 Å². The molecule has 1 aromatic rings. The van der Waals surface area contributed by atoms with Crippen LogP contribution in [0.5, 0.6) is 0 Å². The Hall–Kier alpha value is -0.940. The molecule has 5 heteroatoms. The largest absolute Gasteiger partial charge is 0.315 e. The minimum Gasteiger partial charge on any atom is -0.315 e. The molecule has 1 aliphatic heterocycles. The number of halogens is 1. The third-order valence-electron chi connectivity index (χ3n) is 2.60. The molecule has 82 valence electrons. The third-order valence-corrected chi connectivity index (χ3v) is 4.81. The highest BCUT2D eigenvalue weighted by molar-refractivity contribution is 7.92. The van der Waals surface area contributed by atoms with Gasteiger partial charge in [-0.05, 0) is 37.2 Å². The lowest BCUT2D eigenvalue weighted by atomic mass is 10.3. The van der Waals surface area contributed by atoms with Crippen LogP contribution >= 0.6 is 0 Å². The van der Waals surface area contributed by atoms with E-state index in [4.69, 9.17) is 0 Å². The predicted molar refractivity (Wildman–Crippen MR) is 54.9 cm³/mol. The summed E-state index contributed by atoms with van der Waals surface area (Å²) in [5, 5.41) is 2.63. The van der Waals surface area contributed by atoms with Gasteiger partial charge in [-0.25, -0.2) is 12.8 Å². The van der Waals surface area contributed by atoms with Gasteiger partial charge in [0.1, 0.15) is 5.82 Å². The molecule has 15 heavy (non-hydrogen) atoms. The van der Waals surface area contributed by atoms with E-state index in [1.165, 1.54) is 24.3 Å². The predicted octanol–water partition coefficient (Wildman–Crippen LogP) is 0.961. The standard InChI is InChI=1S/C10H12FNO2S/c11-8-1-3-9(4-2-8)15(13,14)10-5-6-12-7-10/h1-4,10,12H,5-7H2. The SMILES string of the molecule is O=S(=O)(c1ccc(F)cc1)C1CCNC1. The number of hydrogen-bond donors (Lipinski definition) is 1. The zero-order valence-electron chi connectivity index (χ0n) is 8.11. The number of benzene rings is 1. The molecule has 3 nitrogen and oxygen atoms in total. The lowest BCUT2D eigenvalue weighted by Crippen LogP contribution is -2.23. The summed E-state index contributed by atoms with van der Waals surface area (Å²) >= 11 is 0. The second-order valence-electron chi connectivity index (χ2n) is 3.61. The van der Waals surface area contributed by atoms with Crippen molar-refractivity contribution in [3.63, 3.8) is 0 Å². The van der Waals surface area contributed by atoms with Crippen molar-refractivity contribution in [2.45, 2.75) is 16.6 Å². The number of sulfone groups is 1. The number of hydrogen-bond acceptors (Lipinski definition) is 3. The van der Waals surface area contributed by atoms with Gasteiger partial charge in [0, 0.05) is 6.54 Å². The second kappa shape index (κ2) is 3.90. The maximum absolute atomic E-state index is 12.6. The van der Waals surface area contributed by atoms with E-state index in [0.29, 0.717) is 13.0 Å². The van der Waals surface area contributed by atoms with Crippen molar-refractivity contribution in [2.24, 2.45) is 0 Å². The maximum Gasteiger partial charge on any atom is 0.182 e. The Bertz CT molecular complexity index is 435. The van der Waals surface area contributed by atoms with Crippen LogP contribution in [-0.2, 0) is 9.84 Å². The van der Waals surface area contributed by atoms with Gasteiger partial charge in [0.15, 0.2) is 9.84 Å². The fourth-order valence-electron chi connectivity index (χ4n) is 1.71. The molecule has 0 bridgehead atoms. The van der Waals surface area contributed by atoms with E-state index in [0.717, 1.165) is 6.54 Å². The molecule has 1 atom stereocenters. The summed E-state index contributed by atoms with van der Waals surface area (Å²) in [5.74, 6) is -0.418. The molecule has 1 fully saturated rings. The van der Waals surface area contributed by atoms with Crippen molar-refractivity contribution < 1.29 is 12.8 Å². The quantitative estimate of drug-likeness (QED) is 0.768. The Morgan fingerprint density at radius 3 is 2.47 bits per heavy atom. The van der Waals surface area contributed by atoms with Crippen LogP contribution in [0.2, 0.25) is 0 Å². The minimum absolute atomic E-state index is 0.206. The number of rotatable bonds is 2. The normalized spacial score (nSPS) is 21.8. The molecule has 0 amide bonds. The Balaban J connectivity index is 2.32. The van der Waals surface area contributed by atoms with Crippen molar-refractivity contribution in [3.8, 4) is 0 Å². The first-order valence-corrected chi connectivity index (χ1v) is 6.35. The van der Waals surface area contributed by atoms with E-state index in [9.17, 15) is 12.8 Å². The average molecular weight is 229 g/mol. The molecule has 1 unspecified atom stereocenters. The molecule has 0 aliphatic carbocycles. The van der Waals surface area contributed by atoms with Crippen molar-refractivity contribution in [2.75, 3.05) is 13.1 Å². The summed E-state index contributed by atoms with van der Waals surface area (Å²) in [6.07, 6.45) is 0.625. The minimum atomic E-state index is -3.28. The Kier molecular flexibility index (Phi) is 2.75. The summed E-state index contributed by atoms with van der Waals surface area (Å²) in [6.45, 7) is 1.21. The van der Waals surface area contributed by atoms with Gasteiger partial charge in [-0.15, -0.1) is 0 Å². The van der Waals surface area contributed by atoms with E-state index in [-0.39, 0.29) is 10.1 Å². The van der Waals surface area contributed by atoms with Gasteiger partial charge in [-0.1, -0.05) is 0 Å². The molecule has 1 aromatic carbocycles. The maximum atomic E-state index is 12.6. The van der Waals surface area contributed by atoms with Gasteiger partial charge >= 0.3 is 0 Å². The third kappa shape index (κ3) is 2.03. The molecule has 1 N–H and O–H groups in total. The smallest absolute Gasteiger partial charge is 0.182 e. The van der Waals surface area contributed by atoms with Gasteiger partial charge in [0.2, 0.25) is 0 Å². The molecule has 0 radical (unpaired) electrons. The second-order valence-corrected chi connectivity index (χ2v) is 5.84. The molecule has 0 saturated carbocycles. The van der Waals surface area contributed by atoms with Gasteiger partial charge in [-0.2, -0.15) is 0 Å². The van der Waals surface area contributed by atoms with E-state index < -0.39 is 15.7 Å². The van der Waals surface area contributed by atoms with Crippen molar-refractivity contribution in [1.29, 1.82) is 0 Å².